The molecule has 208 valence electrons. The van der Waals surface area contributed by atoms with Gasteiger partial charge in [0.25, 0.3) is 0 Å². The Morgan fingerprint density at radius 1 is 0.897 bits per heavy atom. The lowest BCUT2D eigenvalue weighted by Gasteiger charge is -2.31. The Balaban J connectivity index is 1.52. The van der Waals surface area contributed by atoms with Crippen molar-refractivity contribution >= 4 is 11.8 Å². The van der Waals surface area contributed by atoms with Crippen molar-refractivity contribution in [2.75, 3.05) is 26.8 Å². The number of nitrogens with zero attached hydrogens (tertiary/aromatic N) is 3. The Kier molecular flexibility index (Phi) is 10.7. The van der Waals surface area contributed by atoms with Crippen LogP contribution in [0.5, 0.6) is 0 Å². The molecule has 0 spiro atoms. The smallest absolute Gasteiger partial charge is 0.242 e. The van der Waals surface area contributed by atoms with Crippen molar-refractivity contribution in [3.63, 3.8) is 0 Å². The summed E-state index contributed by atoms with van der Waals surface area (Å²) >= 11 is 0. The topological polar surface area (TPSA) is 54.8 Å². The average molecular weight is 534 g/mol. The number of aromatic nitrogens is 1. The van der Waals surface area contributed by atoms with Crippen LogP contribution in [0.3, 0.4) is 0 Å². The first-order valence-electron chi connectivity index (χ1n) is 14.0. The van der Waals surface area contributed by atoms with E-state index >= 15 is 0 Å². The fraction of sp³-hybridized carbons (Fsp3) is 0.438. The molecule has 1 saturated carbocycles. The van der Waals surface area contributed by atoms with Gasteiger partial charge in [0.05, 0.1) is 13.1 Å². The lowest BCUT2D eigenvalue weighted by atomic mass is 9.88. The van der Waals surface area contributed by atoms with Crippen molar-refractivity contribution in [2.45, 2.75) is 58.2 Å². The quantitative estimate of drug-likeness (QED) is 0.267. The maximum atomic E-state index is 13.9. The van der Waals surface area contributed by atoms with Gasteiger partial charge in [-0.1, -0.05) is 61.7 Å². The number of rotatable bonds is 13. The Morgan fingerprint density at radius 3 is 2.36 bits per heavy atom. The Bertz CT molecular complexity index is 1170. The van der Waals surface area contributed by atoms with E-state index in [2.05, 4.69) is 4.57 Å². The van der Waals surface area contributed by atoms with Crippen LogP contribution in [0.1, 0.15) is 55.3 Å². The van der Waals surface area contributed by atoms with E-state index in [0.29, 0.717) is 39.2 Å². The van der Waals surface area contributed by atoms with E-state index in [1.807, 2.05) is 53.6 Å². The molecule has 6 nitrogen and oxygen atoms in total. The summed E-state index contributed by atoms with van der Waals surface area (Å²) in [5.41, 5.74) is 3.00. The molecule has 1 aliphatic rings. The Labute approximate surface area is 231 Å². The van der Waals surface area contributed by atoms with Crippen LogP contribution in [0.15, 0.2) is 72.9 Å². The molecule has 3 aromatic rings. The lowest BCUT2D eigenvalue weighted by Crippen LogP contribution is -2.45. The van der Waals surface area contributed by atoms with E-state index in [1.54, 1.807) is 24.1 Å². The van der Waals surface area contributed by atoms with Crippen molar-refractivity contribution in [1.82, 2.24) is 14.4 Å². The van der Waals surface area contributed by atoms with E-state index in [-0.39, 0.29) is 30.1 Å². The van der Waals surface area contributed by atoms with E-state index in [4.69, 9.17) is 4.74 Å². The van der Waals surface area contributed by atoms with Gasteiger partial charge in [0.1, 0.15) is 5.82 Å². The predicted octanol–water partition coefficient (Wildman–Crippen LogP) is 5.65. The molecule has 1 heterocycles. The maximum absolute atomic E-state index is 13.9. The number of hydrogen-bond acceptors (Lipinski definition) is 3. The lowest BCUT2D eigenvalue weighted by molar-refractivity contribution is -0.144. The molecule has 1 fully saturated rings. The molecule has 2 amide bonds. The number of halogens is 1. The molecule has 4 rings (SSSR count). The average Bonchev–Trinajstić information content (AvgIpc) is 3.40. The molecule has 0 radical (unpaired) electrons. The second-order valence-electron chi connectivity index (χ2n) is 10.4. The van der Waals surface area contributed by atoms with Gasteiger partial charge in [-0.15, -0.1) is 0 Å². The summed E-state index contributed by atoms with van der Waals surface area (Å²) in [7, 11) is 1.65. The molecule has 0 bridgehead atoms. The second kappa shape index (κ2) is 14.6. The minimum absolute atomic E-state index is 0.00427. The van der Waals surface area contributed by atoms with Crippen molar-refractivity contribution in [3.05, 3.63) is 95.6 Å². The largest absolute Gasteiger partial charge is 0.385 e. The zero-order chi connectivity index (χ0) is 27.5. The summed E-state index contributed by atoms with van der Waals surface area (Å²) in [5, 5.41) is 0. The Hall–Kier alpha value is -3.45. The molecule has 39 heavy (non-hydrogen) atoms. The summed E-state index contributed by atoms with van der Waals surface area (Å²) in [5.74, 6) is -0.234. The fourth-order valence-corrected chi connectivity index (χ4v) is 5.30. The molecule has 7 heteroatoms. The third-order valence-electron chi connectivity index (χ3n) is 7.48. The molecule has 0 N–H and O–H groups in total. The van der Waals surface area contributed by atoms with Crippen molar-refractivity contribution < 1.29 is 18.7 Å². The number of carbonyl (C=O) groups excluding carboxylic acids is 2. The van der Waals surface area contributed by atoms with Gasteiger partial charge in [0.2, 0.25) is 11.8 Å². The van der Waals surface area contributed by atoms with E-state index in [1.165, 1.54) is 18.6 Å². The predicted molar refractivity (Wildman–Crippen MR) is 150 cm³/mol. The molecule has 1 aliphatic carbocycles. The normalized spacial score (nSPS) is 13.8. The monoisotopic (exact) mass is 533 g/mol. The fourth-order valence-electron chi connectivity index (χ4n) is 5.30. The van der Waals surface area contributed by atoms with Gasteiger partial charge in [0.15, 0.2) is 0 Å². The number of amides is 2. The summed E-state index contributed by atoms with van der Waals surface area (Å²) in [4.78, 5) is 30.9. The first-order chi connectivity index (χ1) is 19.0. The van der Waals surface area contributed by atoms with Crippen molar-refractivity contribution in [3.8, 4) is 0 Å². The zero-order valence-electron chi connectivity index (χ0n) is 22.9. The first-order valence-corrected chi connectivity index (χ1v) is 14.0. The molecule has 0 atom stereocenters. The van der Waals surface area contributed by atoms with Crippen LogP contribution < -0.4 is 0 Å². The van der Waals surface area contributed by atoms with Crippen LogP contribution in [-0.4, -0.2) is 53.0 Å². The third-order valence-corrected chi connectivity index (χ3v) is 7.48. The van der Waals surface area contributed by atoms with Gasteiger partial charge < -0.3 is 19.1 Å². The van der Waals surface area contributed by atoms with Crippen LogP contribution in [-0.2, 0) is 34.0 Å². The number of ether oxygens (including phenoxy) is 1. The summed E-state index contributed by atoms with van der Waals surface area (Å²) in [6.45, 7) is 2.56. The van der Waals surface area contributed by atoms with Crippen LogP contribution >= 0.6 is 0 Å². The van der Waals surface area contributed by atoms with Crippen molar-refractivity contribution in [1.29, 1.82) is 0 Å². The van der Waals surface area contributed by atoms with Gasteiger partial charge >= 0.3 is 0 Å². The number of methoxy groups -OCH3 is 1. The maximum Gasteiger partial charge on any atom is 0.242 e. The molecule has 1 aromatic heterocycles. The number of carbonyl (C=O) groups is 2. The van der Waals surface area contributed by atoms with Gasteiger partial charge in [0, 0.05) is 51.2 Å². The standard InChI is InChI=1S/C32H40FN3O3/c1-39-21-9-20-35(32(38)28-12-6-3-7-13-28)25-31(37)36(23-26-10-4-2-5-11-26)24-30-14-8-19-34(30)22-27-15-17-29(33)18-16-27/h2,4-5,8,10-11,14-19,28H,3,6-7,9,12-13,20-25H2,1H3. The highest BCUT2D eigenvalue weighted by molar-refractivity contribution is 5.86. The second-order valence-corrected chi connectivity index (χ2v) is 10.4. The van der Waals surface area contributed by atoms with Gasteiger partial charge in [-0.25, -0.2) is 4.39 Å². The first kappa shape index (κ1) is 28.6. The number of benzene rings is 2. The van der Waals surface area contributed by atoms with Crippen LogP contribution in [0, 0.1) is 11.7 Å². The summed E-state index contributed by atoms with van der Waals surface area (Å²) in [6.07, 6.45) is 7.80. The van der Waals surface area contributed by atoms with E-state index in [9.17, 15) is 14.0 Å². The van der Waals surface area contributed by atoms with E-state index < -0.39 is 0 Å². The van der Waals surface area contributed by atoms with Crippen LogP contribution in [0.4, 0.5) is 4.39 Å². The van der Waals surface area contributed by atoms with Crippen LogP contribution in [0.25, 0.3) is 0 Å². The highest BCUT2D eigenvalue weighted by Crippen LogP contribution is 2.26. The number of hydrogen-bond donors (Lipinski definition) is 0. The van der Waals surface area contributed by atoms with Gasteiger partial charge in [-0.05, 0) is 54.7 Å². The molecular formula is C32H40FN3O3. The summed E-state index contributed by atoms with van der Waals surface area (Å²) < 4.78 is 20.7. The third kappa shape index (κ3) is 8.52. The highest BCUT2D eigenvalue weighted by Gasteiger charge is 2.28. The SMILES string of the molecule is COCCCN(CC(=O)N(Cc1ccccc1)Cc1cccn1Cc1ccc(F)cc1)C(=O)C1CCCCC1. The molecule has 0 saturated heterocycles. The van der Waals surface area contributed by atoms with E-state index in [0.717, 1.165) is 42.5 Å². The van der Waals surface area contributed by atoms with Crippen molar-refractivity contribution in [2.24, 2.45) is 5.92 Å². The minimum Gasteiger partial charge on any atom is -0.385 e. The molecule has 0 unspecified atom stereocenters. The van der Waals surface area contributed by atoms with Gasteiger partial charge in [-0.3, -0.25) is 9.59 Å². The van der Waals surface area contributed by atoms with Crippen LogP contribution in [0.2, 0.25) is 0 Å². The van der Waals surface area contributed by atoms with Gasteiger partial charge in [-0.2, -0.15) is 0 Å². The molecule has 2 aromatic carbocycles. The highest BCUT2D eigenvalue weighted by atomic mass is 19.1. The summed E-state index contributed by atoms with van der Waals surface area (Å²) in [6, 6.07) is 20.4. The zero-order valence-corrected chi connectivity index (χ0v) is 22.9. The molecular weight excluding hydrogens is 493 g/mol. The minimum atomic E-state index is -0.260. The Morgan fingerprint density at radius 2 is 1.64 bits per heavy atom. The molecule has 0 aliphatic heterocycles.